The van der Waals surface area contributed by atoms with Gasteiger partial charge in [-0.2, -0.15) is 5.10 Å². The fourth-order valence-electron chi connectivity index (χ4n) is 2.16. The van der Waals surface area contributed by atoms with Crippen LogP contribution in [-0.2, 0) is 4.79 Å². The molecular formula is C19H20FN3O4. The molecule has 0 saturated heterocycles. The van der Waals surface area contributed by atoms with E-state index in [9.17, 15) is 14.0 Å². The summed E-state index contributed by atoms with van der Waals surface area (Å²) in [6.45, 7) is 1.61. The van der Waals surface area contributed by atoms with Gasteiger partial charge in [0.15, 0.2) is 0 Å². The van der Waals surface area contributed by atoms with E-state index in [0.717, 1.165) is 0 Å². The molecule has 0 aliphatic heterocycles. The molecule has 0 aliphatic carbocycles. The molecule has 2 aromatic rings. The summed E-state index contributed by atoms with van der Waals surface area (Å²) >= 11 is 0. The molecule has 2 N–H and O–H groups in total. The summed E-state index contributed by atoms with van der Waals surface area (Å²) in [6.07, 6.45) is -0.0287. The van der Waals surface area contributed by atoms with Gasteiger partial charge in [-0.05, 0) is 43.3 Å². The Morgan fingerprint density at radius 1 is 1.04 bits per heavy atom. The first-order valence-electron chi connectivity index (χ1n) is 8.03. The van der Waals surface area contributed by atoms with Crippen LogP contribution in [0.2, 0.25) is 0 Å². The highest BCUT2D eigenvalue weighted by atomic mass is 19.1. The number of nitrogens with one attached hydrogen (secondary N) is 2. The number of hydrogen-bond donors (Lipinski definition) is 2. The zero-order chi connectivity index (χ0) is 19.8. The number of methoxy groups -OCH3 is 2. The van der Waals surface area contributed by atoms with Crippen molar-refractivity contribution in [3.63, 3.8) is 0 Å². The Morgan fingerprint density at radius 3 is 2.19 bits per heavy atom. The lowest BCUT2D eigenvalue weighted by Gasteiger charge is -2.08. The van der Waals surface area contributed by atoms with Crippen molar-refractivity contribution in [3.05, 3.63) is 53.8 Å². The second-order valence-corrected chi connectivity index (χ2v) is 5.62. The molecule has 8 heteroatoms. The first-order chi connectivity index (χ1) is 12.9. The molecule has 7 nitrogen and oxygen atoms in total. The van der Waals surface area contributed by atoms with E-state index in [2.05, 4.69) is 15.8 Å². The average Bonchev–Trinajstić information content (AvgIpc) is 2.67. The van der Waals surface area contributed by atoms with E-state index < -0.39 is 5.91 Å². The second kappa shape index (κ2) is 9.33. The Labute approximate surface area is 156 Å². The number of rotatable bonds is 7. The van der Waals surface area contributed by atoms with Gasteiger partial charge in [-0.1, -0.05) is 0 Å². The van der Waals surface area contributed by atoms with Crippen LogP contribution in [0.25, 0.3) is 0 Å². The Morgan fingerprint density at radius 2 is 1.63 bits per heavy atom. The molecule has 142 valence electrons. The molecule has 2 amide bonds. The van der Waals surface area contributed by atoms with Crippen LogP contribution >= 0.6 is 0 Å². The highest BCUT2D eigenvalue weighted by molar-refractivity contribution is 6.06. The van der Waals surface area contributed by atoms with Crippen LogP contribution in [0, 0.1) is 5.82 Å². The van der Waals surface area contributed by atoms with Crippen molar-refractivity contribution < 1.29 is 23.5 Å². The third-order valence-corrected chi connectivity index (χ3v) is 3.51. The highest BCUT2D eigenvalue weighted by Crippen LogP contribution is 2.22. The van der Waals surface area contributed by atoms with E-state index in [1.807, 2.05) is 0 Å². The van der Waals surface area contributed by atoms with Crippen molar-refractivity contribution in [2.45, 2.75) is 13.3 Å². The van der Waals surface area contributed by atoms with Gasteiger partial charge in [0.2, 0.25) is 5.91 Å². The SMILES string of the molecule is COc1cc(OC)cc(C(=O)NN=C(C)CC(=O)Nc2ccc(F)cc2)c1. The first-order valence-corrected chi connectivity index (χ1v) is 8.03. The lowest BCUT2D eigenvalue weighted by molar-refractivity contribution is -0.115. The summed E-state index contributed by atoms with van der Waals surface area (Å²) in [5, 5.41) is 6.54. The molecule has 0 aromatic heterocycles. The number of nitrogens with zero attached hydrogens (tertiary/aromatic N) is 1. The molecular weight excluding hydrogens is 353 g/mol. The minimum Gasteiger partial charge on any atom is -0.497 e. The van der Waals surface area contributed by atoms with E-state index in [0.29, 0.717) is 28.5 Å². The topological polar surface area (TPSA) is 89.0 Å². The summed E-state index contributed by atoms with van der Waals surface area (Å²) in [5.74, 6) is -0.244. The van der Waals surface area contributed by atoms with Crippen LogP contribution in [0.3, 0.4) is 0 Å². The van der Waals surface area contributed by atoms with E-state index in [-0.39, 0.29) is 18.1 Å². The van der Waals surface area contributed by atoms with Gasteiger partial charge >= 0.3 is 0 Å². The Hall–Kier alpha value is -3.42. The smallest absolute Gasteiger partial charge is 0.271 e. The van der Waals surface area contributed by atoms with E-state index in [4.69, 9.17) is 9.47 Å². The third kappa shape index (κ3) is 6.10. The van der Waals surface area contributed by atoms with Crippen LogP contribution in [0.1, 0.15) is 23.7 Å². The molecule has 2 rings (SSSR count). The number of anilines is 1. The van der Waals surface area contributed by atoms with Gasteiger partial charge in [0.25, 0.3) is 5.91 Å². The van der Waals surface area contributed by atoms with Gasteiger partial charge in [-0.3, -0.25) is 9.59 Å². The van der Waals surface area contributed by atoms with Crippen molar-refractivity contribution in [1.82, 2.24) is 5.43 Å². The summed E-state index contributed by atoms with van der Waals surface area (Å²) in [7, 11) is 2.97. The number of carbonyl (C=O) groups is 2. The van der Waals surface area contributed by atoms with Gasteiger partial charge in [-0.15, -0.1) is 0 Å². The largest absolute Gasteiger partial charge is 0.497 e. The Kier molecular flexibility index (Phi) is 6.87. The molecule has 0 heterocycles. The zero-order valence-electron chi connectivity index (χ0n) is 15.2. The van der Waals surface area contributed by atoms with Crippen LogP contribution < -0.4 is 20.2 Å². The molecule has 0 bridgehead atoms. The molecule has 0 radical (unpaired) electrons. The third-order valence-electron chi connectivity index (χ3n) is 3.51. The normalized spacial score (nSPS) is 10.9. The lowest BCUT2D eigenvalue weighted by atomic mass is 10.2. The maximum Gasteiger partial charge on any atom is 0.271 e. The lowest BCUT2D eigenvalue weighted by Crippen LogP contribution is -2.21. The van der Waals surface area contributed by atoms with E-state index in [1.54, 1.807) is 25.1 Å². The number of hydrazone groups is 1. The van der Waals surface area contributed by atoms with Crippen LogP contribution in [0.5, 0.6) is 11.5 Å². The van der Waals surface area contributed by atoms with Gasteiger partial charge in [0.05, 0.1) is 20.6 Å². The second-order valence-electron chi connectivity index (χ2n) is 5.62. The fourth-order valence-corrected chi connectivity index (χ4v) is 2.16. The van der Waals surface area contributed by atoms with Gasteiger partial charge in [0, 0.05) is 23.0 Å². The number of amides is 2. The van der Waals surface area contributed by atoms with Crippen molar-refractivity contribution in [3.8, 4) is 11.5 Å². The quantitative estimate of drug-likeness (QED) is 0.577. The maximum absolute atomic E-state index is 12.9. The van der Waals surface area contributed by atoms with Gasteiger partial charge < -0.3 is 14.8 Å². The average molecular weight is 373 g/mol. The monoisotopic (exact) mass is 373 g/mol. The molecule has 0 aliphatic rings. The maximum atomic E-state index is 12.9. The predicted octanol–water partition coefficient (Wildman–Crippen LogP) is 2.98. The van der Waals surface area contributed by atoms with Crippen molar-refractivity contribution >= 4 is 23.2 Å². The molecule has 2 aromatic carbocycles. The summed E-state index contributed by atoms with van der Waals surface area (Å²) in [4.78, 5) is 24.2. The van der Waals surface area contributed by atoms with Gasteiger partial charge in [-0.25, -0.2) is 9.82 Å². The Balaban J connectivity index is 1.95. The van der Waals surface area contributed by atoms with Crippen LogP contribution in [-0.4, -0.2) is 31.7 Å². The molecule has 0 fully saturated rings. The van der Waals surface area contributed by atoms with Crippen molar-refractivity contribution in [1.29, 1.82) is 0 Å². The molecule has 27 heavy (non-hydrogen) atoms. The summed E-state index contributed by atoms with van der Waals surface area (Å²) in [5.41, 5.74) is 3.57. The predicted molar refractivity (Wildman–Crippen MR) is 99.8 cm³/mol. The molecule has 0 spiro atoms. The standard InChI is InChI=1S/C19H20FN3O4/c1-12(8-18(24)21-15-6-4-14(20)5-7-15)22-23-19(25)13-9-16(26-2)11-17(10-13)27-3/h4-7,9-11H,8H2,1-3H3,(H,21,24)(H,23,25). The fraction of sp³-hybridized carbons (Fsp3) is 0.211. The Bertz CT molecular complexity index is 828. The molecule has 0 unspecified atom stereocenters. The summed E-state index contributed by atoms with van der Waals surface area (Å²) in [6, 6.07) is 10.1. The summed E-state index contributed by atoms with van der Waals surface area (Å²) < 4.78 is 23.1. The highest BCUT2D eigenvalue weighted by Gasteiger charge is 2.10. The minimum atomic E-state index is -0.467. The minimum absolute atomic E-state index is 0.0287. The number of halogens is 1. The zero-order valence-corrected chi connectivity index (χ0v) is 15.2. The van der Waals surface area contributed by atoms with Gasteiger partial charge in [0.1, 0.15) is 17.3 Å². The van der Waals surface area contributed by atoms with E-state index in [1.165, 1.54) is 38.5 Å². The number of carbonyl (C=O) groups excluding carboxylic acids is 2. The first kappa shape index (κ1) is 19.9. The number of ether oxygens (including phenoxy) is 2. The van der Waals surface area contributed by atoms with E-state index >= 15 is 0 Å². The van der Waals surface area contributed by atoms with Crippen LogP contribution in [0.4, 0.5) is 10.1 Å². The van der Waals surface area contributed by atoms with Crippen LogP contribution in [0.15, 0.2) is 47.6 Å². The molecule has 0 atom stereocenters. The number of benzene rings is 2. The molecule has 0 saturated carbocycles. The van der Waals surface area contributed by atoms with Crippen molar-refractivity contribution in [2.24, 2.45) is 5.10 Å². The number of hydrogen-bond acceptors (Lipinski definition) is 5. The van der Waals surface area contributed by atoms with Crippen molar-refractivity contribution in [2.75, 3.05) is 19.5 Å².